The van der Waals surface area contributed by atoms with E-state index in [0.717, 1.165) is 49.9 Å². The Balaban J connectivity index is 1.24. The van der Waals surface area contributed by atoms with Gasteiger partial charge in [0.15, 0.2) is 5.58 Å². The van der Waals surface area contributed by atoms with Crippen LogP contribution in [0.5, 0.6) is 0 Å². The summed E-state index contributed by atoms with van der Waals surface area (Å²) < 4.78 is 20.2. The van der Waals surface area contributed by atoms with Crippen LogP contribution in [-0.4, -0.2) is 40.0 Å². The lowest BCUT2D eigenvalue weighted by molar-refractivity contribution is -0.123. The summed E-state index contributed by atoms with van der Waals surface area (Å²) >= 11 is 1.75. The van der Waals surface area contributed by atoms with E-state index in [1.54, 1.807) is 24.3 Å². The number of halogens is 1. The Morgan fingerprint density at radius 1 is 1.33 bits per heavy atom. The smallest absolute Gasteiger partial charge is 0.170 e. The molecule has 3 atom stereocenters. The van der Waals surface area contributed by atoms with E-state index in [9.17, 15) is 9.18 Å². The highest BCUT2D eigenvalue weighted by Crippen LogP contribution is 2.36. The fraction of sp³-hybridized carbons (Fsp3) is 0.423. The summed E-state index contributed by atoms with van der Waals surface area (Å²) in [6.07, 6.45) is 5.49. The predicted molar refractivity (Wildman–Crippen MR) is 129 cm³/mol. The van der Waals surface area contributed by atoms with Gasteiger partial charge in [-0.15, -0.1) is 11.3 Å². The zero-order valence-electron chi connectivity index (χ0n) is 19.0. The minimum atomic E-state index is -0.332. The molecule has 0 N–H and O–H groups in total. The van der Waals surface area contributed by atoms with Gasteiger partial charge in [-0.2, -0.15) is 0 Å². The molecule has 0 bridgehead atoms. The number of likely N-dealkylation sites (tertiary alicyclic amines) is 1. The van der Waals surface area contributed by atoms with E-state index in [0.29, 0.717) is 11.5 Å². The molecule has 1 aliphatic rings. The number of hydrogen-bond donors (Lipinski definition) is 0. The number of fused-ring (bicyclic) bond motifs is 2. The molecule has 5 nitrogen and oxygen atoms in total. The van der Waals surface area contributed by atoms with Gasteiger partial charge in [0.2, 0.25) is 0 Å². The van der Waals surface area contributed by atoms with Crippen molar-refractivity contribution in [3.8, 4) is 0 Å². The van der Waals surface area contributed by atoms with E-state index in [4.69, 9.17) is 4.52 Å². The Kier molecular flexibility index (Phi) is 6.25. The quantitative estimate of drug-likeness (QED) is 0.336. The Morgan fingerprint density at radius 3 is 3.06 bits per heavy atom. The third-order valence-electron chi connectivity index (χ3n) is 6.92. The largest absolute Gasteiger partial charge is 0.356 e. The number of Topliss-reactive ketones (excluding diaryl/α,β-unsaturated/α-hetero) is 1. The van der Waals surface area contributed by atoms with Crippen LogP contribution in [0, 0.1) is 11.7 Å². The number of carbonyl (C=O) groups is 1. The summed E-state index contributed by atoms with van der Waals surface area (Å²) in [5, 5.41) is 8.48. The maximum absolute atomic E-state index is 13.5. The molecule has 1 saturated heterocycles. The normalized spacial score (nSPS) is 20.5. The average Bonchev–Trinajstić information content (AvgIpc) is 3.45. The highest BCUT2D eigenvalue weighted by atomic mass is 32.1. The minimum Gasteiger partial charge on any atom is -0.356 e. The molecule has 1 aromatic carbocycles. The van der Waals surface area contributed by atoms with Crippen molar-refractivity contribution in [3.63, 3.8) is 0 Å². The molecular formula is C26H28FN3O2S. The van der Waals surface area contributed by atoms with Crippen LogP contribution in [0.2, 0.25) is 0 Å². The Morgan fingerprint density at radius 2 is 2.21 bits per heavy atom. The van der Waals surface area contributed by atoms with Crippen molar-refractivity contribution in [1.29, 1.82) is 0 Å². The van der Waals surface area contributed by atoms with Crippen molar-refractivity contribution in [3.05, 3.63) is 59.1 Å². The number of thiophene rings is 1. The second-order valence-corrected chi connectivity index (χ2v) is 10.2. The van der Waals surface area contributed by atoms with Crippen molar-refractivity contribution < 1.29 is 13.7 Å². The van der Waals surface area contributed by atoms with E-state index in [1.165, 1.54) is 27.9 Å². The molecule has 33 heavy (non-hydrogen) atoms. The number of ketones is 1. The van der Waals surface area contributed by atoms with Gasteiger partial charge in [-0.25, -0.2) is 4.39 Å². The van der Waals surface area contributed by atoms with Gasteiger partial charge in [-0.3, -0.25) is 14.7 Å². The van der Waals surface area contributed by atoms with Gasteiger partial charge in [0.1, 0.15) is 11.6 Å². The van der Waals surface area contributed by atoms with Crippen LogP contribution >= 0.6 is 11.3 Å². The van der Waals surface area contributed by atoms with Crippen molar-refractivity contribution in [2.45, 2.75) is 51.5 Å². The number of carbonyl (C=O) groups excluding carboxylic acids is 1. The van der Waals surface area contributed by atoms with Crippen molar-refractivity contribution in [2.24, 2.45) is 5.92 Å². The molecule has 172 valence electrons. The number of rotatable bonds is 7. The van der Waals surface area contributed by atoms with Crippen LogP contribution in [0.25, 0.3) is 21.1 Å². The fourth-order valence-corrected chi connectivity index (χ4v) is 5.99. The van der Waals surface area contributed by atoms with Crippen LogP contribution in [0.1, 0.15) is 50.4 Å². The predicted octanol–water partition coefficient (Wildman–Crippen LogP) is 5.98. The molecule has 0 aliphatic carbocycles. The minimum absolute atomic E-state index is 0.123. The molecule has 4 aromatic rings. The van der Waals surface area contributed by atoms with Crippen molar-refractivity contribution >= 4 is 38.2 Å². The molecule has 1 fully saturated rings. The summed E-state index contributed by atoms with van der Waals surface area (Å²) in [6.45, 7) is 5.69. The lowest BCUT2D eigenvalue weighted by Gasteiger charge is -2.38. The van der Waals surface area contributed by atoms with E-state index < -0.39 is 0 Å². The first kappa shape index (κ1) is 22.2. The van der Waals surface area contributed by atoms with Gasteiger partial charge in [-0.1, -0.05) is 12.1 Å². The second kappa shape index (κ2) is 9.31. The van der Waals surface area contributed by atoms with Crippen molar-refractivity contribution in [1.82, 2.24) is 15.0 Å². The Hall–Kier alpha value is -2.64. The number of aromatic nitrogens is 2. The zero-order chi connectivity index (χ0) is 22.9. The van der Waals surface area contributed by atoms with Crippen LogP contribution in [0.15, 0.2) is 46.4 Å². The van der Waals surface area contributed by atoms with Crippen LogP contribution in [0.4, 0.5) is 4.39 Å². The first-order valence-corrected chi connectivity index (χ1v) is 12.5. The van der Waals surface area contributed by atoms with Crippen LogP contribution in [-0.2, 0) is 11.2 Å². The topological polar surface area (TPSA) is 59.2 Å². The first-order valence-electron chi connectivity index (χ1n) is 11.6. The van der Waals surface area contributed by atoms with E-state index in [2.05, 4.69) is 39.5 Å². The Labute approximate surface area is 196 Å². The second-order valence-electron chi connectivity index (χ2n) is 9.29. The first-order chi connectivity index (χ1) is 16.0. The van der Waals surface area contributed by atoms with E-state index in [1.807, 2.05) is 6.20 Å². The maximum atomic E-state index is 13.5. The third-order valence-corrected chi connectivity index (χ3v) is 7.90. The highest BCUT2D eigenvalue weighted by Gasteiger charge is 2.34. The SMILES string of the molecule is CC(=O)C1CC(c2noc3cc(F)ccc23)CCN1CCC(C)Cc1nccc2ccsc12. The van der Waals surface area contributed by atoms with Gasteiger partial charge in [0.05, 0.1) is 22.1 Å². The molecule has 7 heteroatoms. The fourth-order valence-electron chi connectivity index (χ4n) is 5.09. The maximum Gasteiger partial charge on any atom is 0.170 e. The third kappa shape index (κ3) is 4.57. The summed E-state index contributed by atoms with van der Waals surface area (Å²) in [5.41, 5.74) is 2.49. The zero-order valence-corrected chi connectivity index (χ0v) is 19.8. The molecule has 3 aromatic heterocycles. The van der Waals surface area contributed by atoms with Gasteiger partial charge in [0.25, 0.3) is 0 Å². The molecule has 0 spiro atoms. The number of hydrogen-bond acceptors (Lipinski definition) is 6. The highest BCUT2D eigenvalue weighted by molar-refractivity contribution is 7.17. The molecule has 0 radical (unpaired) electrons. The van der Waals surface area contributed by atoms with Crippen LogP contribution < -0.4 is 0 Å². The summed E-state index contributed by atoms with van der Waals surface area (Å²) in [4.78, 5) is 19.5. The number of benzene rings is 1. The van der Waals surface area contributed by atoms with Gasteiger partial charge in [-0.05, 0) is 86.6 Å². The summed E-state index contributed by atoms with van der Waals surface area (Å²) in [7, 11) is 0. The van der Waals surface area contributed by atoms with E-state index >= 15 is 0 Å². The number of pyridine rings is 1. The molecule has 0 saturated carbocycles. The van der Waals surface area contributed by atoms with Gasteiger partial charge < -0.3 is 4.52 Å². The lowest BCUT2D eigenvalue weighted by Crippen LogP contribution is -2.46. The monoisotopic (exact) mass is 465 g/mol. The molecule has 4 heterocycles. The summed E-state index contributed by atoms with van der Waals surface area (Å²) in [6, 6.07) is 8.63. The molecular weight excluding hydrogens is 437 g/mol. The van der Waals surface area contributed by atoms with E-state index in [-0.39, 0.29) is 23.6 Å². The van der Waals surface area contributed by atoms with Crippen LogP contribution in [0.3, 0.4) is 0 Å². The number of piperidine rings is 1. The van der Waals surface area contributed by atoms with Gasteiger partial charge in [0, 0.05) is 23.6 Å². The molecule has 5 rings (SSSR count). The van der Waals surface area contributed by atoms with Crippen molar-refractivity contribution in [2.75, 3.05) is 13.1 Å². The Bertz CT molecular complexity index is 1280. The average molecular weight is 466 g/mol. The standard InChI is InChI=1S/C26H28FN3O2S/c1-16(13-22-26-18(5-9-28-22)8-12-33-26)6-10-30-11-7-19(14-23(30)17(2)31)25-21-4-3-20(27)15-24(21)32-29-25/h3-5,8-9,12,15-16,19,23H,6-7,10-11,13-14H2,1-2H3. The lowest BCUT2D eigenvalue weighted by atomic mass is 9.85. The molecule has 0 amide bonds. The number of nitrogens with zero attached hydrogens (tertiary/aromatic N) is 3. The molecule has 1 aliphatic heterocycles. The molecule has 3 unspecified atom stereocenters. The summed E-state index contributed by atoms with van der Waals surface area (Å²) in [5.74, 6) is 0.474. The van der Waals surface area contributed by atoms with Gasteiger partial charge >= 0.3 is 0 Å².